The van der Waals surface area contributed by atoms with Gasteiger partial charge in [0.1, 0.15) is 0 Å². The minimum atomic E-state index is 0.175. The van der Waals surface area contributed by atoms with E-state index in [1.165, 1.54) is 11.4 Å². The van der Waals surface area contributed by atoms with Crippen molar-refractivity contribution in [1.29, 1.82) is 0 Å². The van der Waals surface area contributed by atoms with Crippen LogP contribution in [0.3, 0.4) is 0 Å². The normalized spacial score (nSPS) is 16.2. The molecule has 0 spiro atoms. The predicted molar refractivity (Wildman–Crippen MR) is 141 cm³/mol. The van der Waals surface area contributed by atoms with Crippen LogP contribution >= 0.6 is 0 Å². The lowest BCUT2D eigenvalue weighted by molar-refractivity contribution is -0.111. The smallest absolute Gasteiger partial charge is 0.185 e. The fourth-order valence-electron chi connectivity index (χ4n) is 5.17. The number of benzene rings is 2. The van der Waals surface area contributed by atoms with Crippen molar-refractivity contribution in [3.63, 3.8) is 0 Å². The fraction of sp³-hybridized carbons (Fsp3) is 0.194. The van der Waals surface area contributed by atoms with Crippen molar-refractivity contribution in [1.82, 2.24) is 9.13 Å². The van der Waals surface area contributed by atoms with Crippen molar-refractivity contribution >= 4 is 17.9 Å². The van der Waals surface area contributed by atoms with Crippen molar-refractivity contribution in [2.75, 3.05) is 0 Å². The molecule has 0 radical (unpaired) electrons. The van der Waals surface area contributed by atoms with Crippen LogP contribution in [0.5, 0.6) is 0 Å². The molecular weight excluding hydrogens is 416 g/mol. The molecule has 1 aliphatic rings. The van der Waals surface area contributed by atoms with E-state index >= 15 is 0 Å². The molecule has 4 aromatic rings. The SMILES string of the molecule is Cc1cc(C=C2CCC(=Cc3cc(C)n(-c4ccccc4)c3C)C2=O)c(C)n1-c1ccccc1. The third kappa shape index (κ3) is 3.88. The quantitative estimate of drug-likeness (QED) is 0.301. The molecule has 2 heterocycles. The number of hydrogen-bond donors (Lipinski definition) is 0. The zero-order valence-corrected chi connectivity index (χ0v) is 20.3. The molecule has 1 aliphatic carbocycles. The van der Waals surface area contributed by atoms with Crippen LogP contribution in [0.2, 0.25) is 0 Å². The largest absolute Gasteiger partial charge is 0.318 e. The maximum Gasteiger partial charge on any atom is 0.185 e. The van der Waals surface area contributed by atoms with Crippen LogP contribution < -0.4 is 0 Å². The minimum Gasteiger partial charge on any atom is -0.318 e. The summed E-state index contributed by atoms with van der Waals surface area (Å²) in [5.41, 5.74) is 11.0. The first-order chi connectivity index (χ1) is 16.4. The molecule has 0 saturated heterocycles. The summed E-state index contributed by atoms with van der Waals surface area (Å²) in [5.74, 6) is 0.175. The van der Waals surface area contributed by atoms with E-state index in [0.29, 0.717) is 0 Å². The number of allylic oxidation sites excluding steroid dienone is 2. The molecule has 0 bridgehead atoms. The molecule has 3 heteroatoms. The summed E-state index contributed by atoms with van der Waals surface area (Å²) in [6.07, 6.45) is 5.77. The Labute approximate surface area is 201 Å². The summed E-state index contributed by atoms with van der Waals surface area (Å²) in [4.78, 5) is 13.3. The van der Waals surface area contributed by atoms with Crippen molar-refractivity contribution in [3.05, 3.63) is 118 Å². The van der Waals surface area contributed by atoms with Crippen LogP contribution in [0.1, 0.15) is 46.7 Å². The zero-order chi connectivity index (χ0) is 23.8. The average Bonchev–Trinajstić information content (AvgIpc) is 3.43. The van der Waals surface area contributed by atoms with E-state index in [4.69, 9.17) is 0 Å². The zero-order valence-electron chi connectivity index (χ0n) is 20.3. The Kier molecular flexibility index (Phi) is 5.70. The van der Waals surface area contributed by atoms with Crippen molar-refractivity contribution in [2.45, 2.75) is 40.5 Å². The Morgan fingerprint density at radius 3 is 1.38 bits per heavy atom. The van der Waals surface area contributed by atoms with Gasteiger partial charge in [0, 0.05) is 45.3 Å². The first-order valence-corrected chi connectivity index (χ1v) is 11.9. The molecule has 0 amide bonds. The van der Waals surface area contributed by atoms with Gasteiger partial charge in [0.05, 0.1) is 0 Å². The molecule has 0 atom stereocenters. The van der Waals surface area contributed by atoms with E-state index in [1.54, 1.807) is 0 Å². The van der Waals surface area contributed by atoms with Gasteiger partial charge < -0.3 is 9.13 Å². The average molecular weight is 447 g/mol. The number of Topliss-reactive ketones (excluding diaryl/α,β-unsaturated/α-hetero) is 1. The monoisotopic (exact) mass is 446 g/mol. The van der Waals surface area contributed by atoms with E-state index in [1.807, 2.05) is 12.1 Å². The van der Waals surface area contributed by atoms with E-state index < -0.39 is 0 Å². The molecule has 1 saturated carbocycles. The van der Waals surface area contributed by atoms with Crippen LogP contribution in [0.15, 0.2) is 83.9 Å². The van der Waals surface area contributed by atoms with Crippen LogP contribution in [-0.4, -0.2) is 14.9 Å². The topological polar surface area (TPSA) is 26.9 Å². The van der Waals surface area contributed by atoms with Gasteiger partial charge in [-0.1, -0.05) is 36.4 Å². The lowest BCUT2D eigenvalue weighted by Gasteiger charge is -2.09. The number of aromatic nitrogens is 2. The van der Waals surface area contributed by atoms with Gasteiger partial charge in [-0.2, -0.15) is 0 Å². The van der Waals surface area contributed by atoms with Gasteiger partial charge in [-0.15, -0.1) is 0 Å². The van der Waals surface area contributed by atoms with Gasteiger partial charge in [-0.05, 0) is 100 Å². The van der Waals surface area contributed by atoms with E-state index in [0.717, 1.165) is 57.9 Å². The summed E-state index contributed by atoms with van der Waals surface area (Å²) in [6, 6.07) is 25.1. The molecule has 0 N–H and O–H groups in total. The molecular formula is C31H30N2O. The van der Waals surface area contributed by atoms with Gasteiger partial charge in [0.25, 0.3) is 0 Å². The highest BCUT2D eigenvalue weighted by Gasteiger charge is 2.24. The molecule has 0 unspecified atom stereocenters. The summed E-state index contributed by atoms with van der Waals surface area (Å²) in [5, 5.41) is 0. The van der Waals surface area contributed by atoms with Crippen molar-refractivity contribution in [3.8, 4) is 11.4 Å². The third-order valence-corrected chi connectivity index (χ3v) is 6.88. The standard InChI is InChI=1S/C31H30N2O/c1-21-17-27(23(3)32(21)29-11-7-5-8-12-29)19-25-15-16-26(31(25)34)20-28-18-22(2)33(24(28)4)30-13-9-6-10-14-30/h5-14,17-20H,15-16H2,1-4H3. The fourth-order valence-corrected chi connectivity index (χ4v) is 5.17. The van der Waals surface area contributed by atoms with E-state index in [2.05, 4.69) is 110 Å². The number of carbonyl (C=O) groups is 1. The van der Waals surface area contributed by atoms with Gasteiger partial charge in [-0.3, -0.25) is 4.79 Å². The second-order valence-electron chi connectivity index (χ2n) is 9.16. The number of rotatable bonds is 4. The Bertz CT molecular complexity index is 1320. The molecule has 2 aromatic carbocycles. The molecule has 3 nitrogen and oxygen atoms in total. The Balaban J connectivity index is 1.45. The highest BCUT2D eigenvalue weighted by molar-refractivity contribution is 6.15. The highest BCUT2D eigenvalue weighted by Crippen LogP contribution is 2.32. The van der Waals surface area contributed by atoms with Crippen LogP contribution in [0, 0.1) is 27.7 Å². The summed E-state index contributed by atoms with van der Waals surface area (Å²) >= 11 is 0. The lowest BCUT2D eigenvalue weighted by Crippen LogP contribution is -1.99. The lowest BCUT2D eigenvalue weighted by atomic mass is 10.1. The second-order valence-corrected chi connectivity index (χ2v) is 9.16. The Hall–Kier alpha value is -3.85. The Morgan fingerprint density at radius 1 is 0.618 bits per heavy atom. The number of ketones is 1. The van der Waals surface area contributed by atoms with Gasteiger partial charge in [-0.25, -0.2) is 0 Å². The van der Waals surface area contributed by atoms with E-state index in [9.17, 15) is 4.79 Å². The predicted octanol–water partition coefficient (Wildman–Crippen LogP) is 7.33. The minimum absolute atomic E-state index is 0.175. The van der Waals surface area contributed by atoms with Gasteiger partial charge in [0.15, 0.2) is 5.78 Å². The number of para-hydroxylation sites is 2. The Morgan fingerprint density at radius 2 is 1.00 bits per heavy atom. The maximum atomic E-state index is 13.3. The molecule has 170 valence electrons. The summed E-state index contributed by atoms with van der Waals surface area (Å²) < 4.78 is 4.50. The number of hydrogen-bond acceptors (Lipinski definition) is 1. The number of nitrogens with zero attached hydrogens (tertiary/aromatic N) is 2. The third-order valence-electron chi connectivity index (χ3n) is 6.88. The summed E-state index contributed by atoms with van der Waals surface area (Å²) in [6.45, 7) is 8.49. The summed E-state index contributed by atoms with van der Waals surface area (Å²) in [7, 11) is 0. The molecule has 0 aliphatic heterocycles. The van der Waals surface area contributed by atoms with Crippen molar-refractivity contribution < 1.29 is 4.79 Å². The molecule has 1 fully saturated rings. The van der Waals surface area contributed by atoms with Crippen LogP contribution in [0.25, 0.3) is 23.5 Å². The molecule has 34 heavy (non-hydrogen) atoms. The molecule has 5 rings (SSSR count). The second kappa shape index (κ2) is 8.83. The maximum absolute atomic E-state index is 13.3. The highest BCUT2D eigenvalue weighted by atomic mass is 16.1. The van der Waals surface area contributed by atoms with Gasteiger partial charge >= 0.3 is 0 Å². The van der Waals surface area contributed by atoms with E-state index in [-0.39, 0.29) is 5.78 Å². The molecule has 2 aromatic heterocycles. The van der Waals surface area contributed by atoms with Crippen LogP contribution in [-0.2, 0) is 4.79 Å². The van der Waals surface area contributed by atoms with Crippen LogP contribution in [0.4, 0.5) is 0 Å². The first kappa shape index (κ1) is 22.0. The number of carbonyl (C=O) groups excluding carboxylic acids is 1. The van der Waals surface area contributed by atoms with Gasteiger partial charge in [0.2, 0.25) is 0 Å². The number of aryl methyl sites for hydroxylation is 2. The first-order valence-electron chi connectivity index (χ1n) is 11.9. The van der Waals surface area contributed by atoms with Crippen molar-refractivity contribution in [2.24, 2.45) is 0 Å².